The van der Waals surface area contributed by atoms with E-state index in [1.54, 1.807) is 0 Å². The highest BCUT2D eigenvalue weighted by Crippen LogP contribution is 2.33. The second-order valence-electron chi connectivity index (χ2n) is 3.62. The predicted molar refractivity (Wildman–Crippen MR) is 66.9 cm³/mol. The van der Waals surface area contributed by atoms with Crippen LogP contribution in [0.5, 0.6) is 0 Å². The summed E-state index contributed by atoms with van der Waals surface area (Å²) in [4.78, 5) is 6.57. The van der Waals surface area contributed by atoms with Crippen molar-refractivity contribution < 1.29 is 13.2 Å². The number of nitrogen functional groups attached to an aromatic ring is 1. The Morgan fingerprint density at radius 1 is 1.05 bits per heavy atom. The molecular formula is C11H6Cl2F3N3. The number of hydrogen-bond donors (Lipinski definition) is 1. The van der Waals surface area contributed by atoms with Gasteiger partial charge in [0.15, 0.2) is 0 Å². The molecule has 8 heteroatoms. The van der Waals surface area contributed by atoms with E-state index in [2.05, 4.69) is 9.97 Å². The lowest BCUT2D eigenvalue weighted by atomic mass is 10.1. The number of alkyl halides is 3. The van der Waals surface area contributed by atoms with Gasteiger partial charge in [-0.05, 0) is 18.2 Å². The molecule has 2 N–H and O–H groups in total. The molecule has 1 aromatic carbocycles. The summed E-state index contributed by atoms with van der Waals surface area (Å²) in [6.07, 6.45) is -4.69. The highest BCUT2D eigenvalue weighted by atomic mass is 35.5. The molecule has 1 aromatic heterocycles. The Morgan fingerprint density at radius 2 is 1.74 bits per heavy atom. The maximum atomic E-state index is 12.6. The smallest absolute Gasteiger partial charge is 0.384 e. The monoisotopic (exact) mass is 307 g/mol. The van der Waals surface area contributed by atoms with Crippen LogP contribution in [0, 0.1) is 0 Å². The Bertz CT molecular complexity index is 629. The van der Waals surface area contributed by atoms with Gasteiger partial charge in [-0.15, -0.1) is 0 Å². The van der Waals surface area contributed by atoms with Crippen molar-refractivity contribution in [1.82, 2.24) is 9.97 Å². The van der Waals surface area contributed by atoms with Gasteiger partial charge in [0.2, 0.25) is 5.82 Å². The number of anilines is 1. The van der Waals surface area contributed by atoms with Gasteiger partial charge in [0.1, 0.15) is 5.82 Å². The quantitative estimate of drug-likeness (QED) is 0.864. The second-order valence-corrected chi connectivity index (χ2v) is 4.47. The lowest BCUT2D eigenvalue weighted by Gasteiger charge is -2.09. The van der Waals surface area contributed by atoms with E-state index in [1.165, 1.54) is 24.3 Å². The molecule has 1 heterocycles. The van der Waals surface area contributed by atoms with Gasteiger partial charge in [0.25, 0.3) is 0 Å². The molecule has 0 atom stereocenters. The number of benzene rings is 1. The Morgan fingerprint density at radius 3 is 2.37 bits per heavy atom. The van der Waals surface area contributed by atoms with Crippen LogP contribution in [-0.2, 0) is 6.18 Å². The summed E-state index contributed by atoms with van der Waals surface area (Å²) in [5, 5.41) is 0.542. The van der Waals surface area contributed by atoms with Gasteiger partial charge >= 0.3 is 6.18 Å². The zero-order valence-corrected chi connectivity index (χ0v) is 10.7. The van der Waals surface area contributed by atoms with Gasteiger partial charge in [-0.25, -0.2) is 9.97 Å². The van der Waals surface area contributed by atoms with Crippen LogP contribution in [0.4, 0.5) is 19.0 Å². The summed E-state index contributed by atoms with van der Waals surface area (Å²) in [6, 6.07) is 5.59. The highest BCUT2D eigenvalue weighted by Gasteiger charge is 2.35. The number of hydrogen-bond acceptors (Lipinski definition) is 3. The van der Waals surface area contributed by atoms with Crippen LogP contribution >= 0.6 is 23.2 Å². The van der Waals surface area contributed by atoms with Crippen LogP contribution in [-0.4, -0.2) is 9.97 Å². The first-order valence-electron chi connectivity index (χ1n) is 4.94. The Hall–Kier alpha value is -1.53. The summed E-state index contributed by atoms with van der Waals surface area (Å²) in [5.74, 6) is -1.62. The number of aromatic nitrogens is 2. The fourth-order valence-corrected chi connectivity index (χ4v) is 1.81. The average molecular weight is 308 g/mol. The summed E-state index contributed by atoms with van der Waals surface area (Å²) < 4.78 is 37.8. The van der Waals surface area contributed by atoms with E-state index < -0.39 is 12.0 Å². The predicted octanol–water partition coefficient (Wildman–Crippen LogP) is 4.05. The second kappa shape index (κ2) is 4.86. The van der Waals surface area contributed by atoms with Gasteiger partial charge in [0, 0.05) is 16.7 Å². The lowest BCUT2D eigenvalue weighted by molar-refractivity contribution is -0.144. The van der Waals surface area contributed by atoms with E-state index in [-0.39, 0.29) is 22.1 Å². The molecule has 0 saturated carbocycles. The van der Waals surface area contributed by atoms with Crippen molar-refractivity contribution in [2.24, 2.45) is 0 Å². The van der Waals surface area contributed by atoms with Gasteiger partial charge in [-0.2, -0.15) is 13.2 Å². The van der Waals surface area contributed by atoms with Crippen molar-refractivity contribution >= 4 is 29.0 Å². The minimum atomic E-state index is -4.69. The number of nitrogens with two attached hydrogens (primary N) is 1. The van der Waals surface area contributed by atoms with Crippen molar-refractivity contribution in [3.63, 3.8) is 0 Å². The van der Waals surface area contributed by atoms with Crippen LogP contribution in [0.3, 0.4) is 0 Å². The summed E-state index contributed by atoms with van der Waals surface area (Å²) in [7, 11) is 0. The topological polar surface area (TPSA) is 51.8 Å². The molecular weight excluding hydrogens is 302 g/mol. The van der Waals surface area contributed by atoms with E-state index in [0.717, 1.165) is 0 Å². The summed E-state index contributed by atoms with van der Waals surface area (Å²) in [6.45, 7) is 0. The van der Waals surface area contributed by atoms with Gasteiger partial charge in [0.05, 0.1) is 10.7 Å². The molecule has 0 saturated heterocycles. The molecule has 0 amide bonds. The molecule has 2 rings (SSSR count). The SMILES string of the molecule is Nc1cc(-c2cc(Cl)ccc2Cl)nc(C(F)(F)F)n1. The molecule has 2 aromatic rings. The Labute approximate surface area is 116 Å². The van der Waals surface area contributed by atoms with E-state index in [9.17, 15) is 13.2 Å². The third kappa shape index (κ3) is 3.08. The molecule has 3 nitrogen and oxygen atoms in total. The highest BCUT2D eigenvalue weighted by molar-refractivity contribution is 6.35. The zero-order chi connectivity index (χ0) is 14.2. The minimum Gasteiger partial charge on any atom is -0.384 e. The van der Waals surface area contributed by atoms with Gasteiger partial charge < -0.3 is 5.73 Å². The Kier molecular flexibility index (Phi) is 3.56. The van der Waals surface area contributed by atoms with Crippen molar-refractivity contribution in [2.75, 3.05) is 5.73 Å². The Balaban J connectivity index is 2.63. The molecule has 19 heavy (non-hydrogen) atoms. The molecule has 0 aliphatic heterocycles. The first kappa shape index (κ1) is 13.9. The maximum Gasteiger partial charge on any atom is 0.451 e. The maximum absolute atomic E-state index is 12.6. The van der Waals surface area contributed by atoms with Gasteiger partial charge in [-0.1, -0.05) is 23.2 Å². The molecule has 100 valence electrons. The zero-order valence-electron chi connectivity index (χ0n) is 9.17. The van der Waals surface area contributed by atoms with Gasteiger partial charge in [-0.3, -0.25) is 0 Å². The van der Waals surface area contributed by atoms with E-state index >= 15 is 0 Å². The third-order valence-corrected chi connectivity index (χ3v) is 2.77. The molecule has 0 fully saturated rings. The summed E-state index contributed by atoms with van der Waals surface area (Å²) in [5.41, 5.74) is 5.58. The molecule has 0 spiro atoms. The largest absolute Gasteiger partial charge is 0.451 e. The van der Waals surface area contributed by atoms with Crippen LogP contribution in [0.15, 0.2) is 24.3 Å². The average Bonchev–Trinajstić information content (AvgIpc) is 2.30. The standard InChI is InChI=1S/C11H6Cl2F3N3/c12-5-1-2-7(13)6(3-5)8-4-9(17)19-10(18-8)11(14,15)16/h1-4H,(H2,17,18,19). The fraction of sp³-hybridized carbons (Fsp3) is 0.0909. The minimum absolute atomic E-state index is 0.0349. The van der Waals surface area contributed by atoms with E-state index in [4.69, 9.17) is 28.9 Å². The lowest BCUT2D eigenvalue weighted by Crippen LogP contribution is -2.13. The molecule has 0 aliphatic rings. The van der Waals surface area contributed by atoms with Crippen molar-refractivity contribution in [3.8, 4) is 11.3 Å². The third-order valence-electron chi connectivity index (χ3n) is 2.20. The van der Waals surface area contributed by atoms with Crippen LogP contribution in [0.25, 0.3) is 11.3 Å². The summed E-state index contributed by atoms with van der Waals surface area (Å²) >= 11 is 11.7. The molecule has 0 unspecified atom stereocenters. The van der Waals surface area contributed by atoms with Crippen LogP contribution in [0.1, 0.15) is 5.82 Å². The van der Waals surface area contributed by atoms with Crippen molar-refractivity contribution in [3.05, 3.63) is 40.1 Å². The van der Waals surface area contributed by atoms with Crippen molar-refractivity contribution in [2.45, 2.75) is 6.18 Å². The van der Waals surface area contributed by atoms with E-state index in [1.807, 2.05) is 0 Å². The van der Waals surface area contributed by atoms with Crippen molar-refractivity contribution in [1.29, 1.82) is 0 Å². The van der Waals surface area contributed by atoms with E-state index in [0.29, 0.717) is 5.02 Å². The fourth-order valence-electron chi connectivity index (χ4n) is 1.42. The normalized spacial score (nSPS) is 11.6. The first-order chi connectivity index (χ1) is 8.77. The first-order valence-corrected chi connectivity index (χ1v) is 5.70. The van der Waals surface area contributed by atoms with Crippen LogP contribution in [0.2, 0.25) is 10.0 Å². The number of nitrogens with zero attached hydrogens (tertiary/aromatic N) is 2. The number of rotatable bonds is 1. The molecule has 0 bridgehead atoms. The molecule has 0 aliphatic carbocycles. The molecule has 0 radical (unpaired) electrons. The van der Waals surface area contributed by atoms with Crippen LogP contribution < -0.4 is 5.73 Å². The number of halogens is 5.